The van der Waals surface area contributed by atoms with E-state index in [0.29, 0.717) is 23.6 Å². The Labute approximate surface area is 173 Å². The van der Waals surface area contributed by atoms with Crippen LogP contribution < -0.4 is 4.74 Å². The van der Waals surface area contributed by atoms with Gasteiger partial charge in [-0.2, -0.15) is 0 Å². The first-order valence-electron chi connectivity index (χ1n) is 9.36. The van der Waals surface area contributed by atoms with Crippen LogP contribution in [0, 0.1) is 0 Å². The van der Waals surface area contributed by atoms with Crippen molar-refractivity contribution in [2.45, 2.75) is 43.5 Å². The number of rotatable bonds is 6. The monoisotopic (exact) mass is 424 g/mol. The lowest BCUT2D eigenvalue weighted by Gasteiger charge is -2.45. The number of aliphatic hydroxyl groups excluding tert-OH is 4. The molecular formula is C21H25ClO7. The second kappa shape index (κ2) is 8.97. The van der Waals surface area contributed by atoms with Gasteiger partial charge in [0.2, 0.25) is 5.79 Å². The quantitative estimate of drug-likeness (QED) is 0.468. The molecule has 1 aliphatic rings. The van der Waals surface area contributed by atoms with Gasteiger partial charge < -0.3 is 35.0 Å². The number of hydrogen-bond acceptors (Lipinski definition) is 7. The summed E-state index contributed by atoms with van der Waals surface area (Å²) in [6.07, 6.45) is -5.87. The Hall–Kier alpha value is -1.71. The highest BCUT2D eigenvalue weighted by Gasteiger charge is 2.53. The van der Waals surface area contributed by atoms with Crippen LogP contribution in [-0.2, 0) is 16.9 Å². The molecule has 1 aliphatic heterocycles. The molecule has 0 aliphatic carbocycles. The topological polar surface area (TPSA) is 120 Å². The van der Waals surface area contributed by atoms with E-state index in [2.05, 4.69) is 0 Å². The van der Waals surface area contributed by atoms with Crippen molar-refractivity contribution in [1.29, 1.82) is 0 Å². The molecule has 1 heterocycles. The average molecular weight is 425 g/mol. The van der Waals surface area contributed by atoms with Gasteiger partial charge in [-0.25, -0.2) is 0 Å². The molecule has 0 aromatic heterocycles. The van der Waals surface area contributed by atoms with E-state index in [0.717, 1.165) is 11.3 Å². The molecule has 158 valence electrons. The van der Waals surface area contributed by atoms with Gasteiger partial charge in [-0.05, 0) is 48.7 Å². The van der Waals surface area contributed by atoms with E-state index in [9.17, 15) is 25.5 Å². The molecule has 5 N–H and O–H groups in total. The minimum atomic E-state index is -2.32. The summed E-state index contributed by atoms with van der Waals surface area (Å²) >= 11 is 6.32. The van der Waals surface area contributed by atoms with E-state index in [1.54, 1.807) is 12.1 Å². The molecule has 7 nitrogen and oxygen atoms in total. The largest absolute Gasteiger partial charge is 0.494 e. The van der Waals surface area contributed by atoms with Gasteiger partial charge in [0, 0.05) is 10.6 Å². The zero-order valence-electron chi connectivity index (χ0n) is 15.9. The minimum Gasteiger partial charge on any atom is -0.494 e. The predicted molar refractivity (Wildman–Crippen MR) is 106 cm³/mol. The molecule has 0 saturated carbocycles. The van der Waals surface area contributed by atoms with Gasteiger partial charge in [0.25, 0.3) is 0 Å². The van der Waals surface area contributed by atoms with Crippen LogP contribution in [0.1, 0.15) is 23.6 Å². The maximum Gasteiger partial charge on any atom is 0.222 e. The summed E-state index contributed by atoms with van der Waals surface area (Å²) in [5.74, 6) is -1.56. The third kappa shape index (κ3) is 4.41. The van der Waals surface area contributed by atoms with Crippen molar-refractivity contribution >= 4 is 11.6 Å². The van der Waals surface area contributed by atoms with Crippen molar-refractivity contribution < 1.29 is 35.0 Å². The van der Waals surface area contributed by atoms with Crippen LogP contribution in [0.5, 0.6) is 5.75 Å². The normalized spacial score (nSPS) is 29.6. The highest BCUT2D eigenvalue weighted by atomic mass is 35.5. The number of aliphatic hydroxyl groups is 5. The molecule has 0 spiro atoms. The van der Waals surface area contributed by atoms with Crippen molar-refractivity contribution in [3.05, 3.63) is 64.2 Å². The standard InChI is InChI=1S/C21H25ClO7/c1-2-28-15-6-3-12(4-7-15)9-13-10-14(5-8-16(13)22)21(27)20(26)19(25)18(24)17(11-23)29-21/h3-8,10,17-20,23-27H,2,9,11H2,1H3/t17-,18-,19+,20-,21-/m1/s1. The fraction of sp³-hybridized carbons (Fsp3) is 0.429. The van der Waals surface area contributed by atoms with Crippen molar-refractivity contribution in [3.8, 4) is 5.75 Å². The van der Waals surface area contributed by atoms with Crippen molar-refractivity contribution in [2.75, 3.05) is 13.2 Å². The Morgan fingerprint density at radius 1 is 1.07 bits per heavy atom. The van der Waals surface area contributed by atoms with E-state index in [-0.39, 0.29) is 5.56 Å². The van der Waals surface area contributed by atoms with Gasteiger partial charge in [0.1, 0.15) is 30.2 Å². The molecule has 1 saturated heterocycles. The van der Waals surface area contributed by atoms with Gasteiger partial charge in [-0.15, -0.1) is 0 Å². The highest BCUT2D eigenvalue weighted by Crippen LogP contribution is 2.37. The predicted octanol–water partition coefficient (Wildman–Crippen LogP) is 0.948. The second-order valence-corrected chi connectivity index (χ2v) is 7.43. The van der Waals surface area contributed by atoms with Gasteiger partial charge >= 0.3 is 0 Å². The number of benzene rings is 2. The highest BCUT2D eigenvalue weighted by molar-refractivity contribution is 6.31. The molecule has 1 fully saturated rings. The Kier molecular flexibility index (Phi) is 6.80. The molecule has 0 radical (unpaired) electrons. The Balaban J connectivity index is 1.89. The molecule has 0 bridgehead atoms. The van der Waals surface area contributed by atoms with Crippen LogP contribution in [0.2, 0.25) is 5.02 Å². The van der Waals surface area contributed by atoms with Gasteiger partial charge in [0.15, 0.2) is 0 Å². The fourth-order valence-corrected chi connectivity index (χ4v) is 3.60. The molecule has 29 heavy (non-hydrogen) atoms. The molecule has 2 aromatic carbocycles. The summed E-state index contributed by atoms with van der Waals surface area (Å²) < 4.78 is 10.8. The molecule has 2 aromatic rings. The number of ether oxygens (including phenoxy) is 2. The third-order valence-corrected chi connectivity index (χ3v) is 5.42. The van der Waals surface area contributed by atoms with Gasteiger partial charge in [-0.3, -0.25) is 0 Å². The number of halogens is 1. The summed E-state index contributed by atoms with van der Waals surface area (Å²) in [6.45, 7) is 1.84. The lowest BCUT2D eigenvalue weighted by molar-refractivity contribution is -0.357. The molecule has 0 amide bonds. The summed E-state index contributed by atoms with van der Waals surface area (Å²) in [5, 5.41) is 51.1. The SMILES string of the molecule is CCOc1ccc(Cc2cc([C@@]3(O)O[C@H](CO)[C@@H](O)[C@H](O)[C@H]3O)ccc2Cl)cc1. The van der Waals surface area contributed by atoms with Crippen LogP contribution in [0.15, 0.2) is 42.5 Å². The first kappa shape index (κ1) is 22.0. The van der Waals surface area contributed by atoms with E-state index in [1.807, 2.05) is 31.2 Å². The van der Waals surface area contributed by atoms with E-state index < -0.39 is 36.8 Å². The van der Waals surface area contributed by atoms with Crippen molar-refractivity contribution in [2.24, 2.45) is 0 Å². The molecule has 8 heteroatoms. The summed E-state index contributed by atoms with van der Waals surface area (Å²) in [6, 6.07) is 12.1. The first-order valence-corrected chi connectivity index (χ1v) is 9.73. The Bertz CT molecular complexity index is 826. The van der Waals surface area contributed by atoms with Crippen molar-refractivity contribution in [3.63, 3.8) is 0 Å². The van der Waals surface area contributed by atoms with Gasteiger partial charge in [-0.1, -0.05) is 29.8 Å². The maximum absolute atomic E-state index is 11.0. The Morgan fingerprint density at radius 2 is 1.76 bits per heavy atom. The smallest absolute Gasteiger partial charge is 0.222 e. The summed E-state index contributed by atoms with van der Waals surface area (Å²) in [7, 11) is 0. The summed E-state index contributed by atoms with van der Waals surface area (Å²) in [5.41, 5.74) is 1.77. The van der Waals surface area contributed by atoms with Crippen LogP contribution in [0.25, 0.3) is 0 Å². The lowest BCUT2D eigenvalue weighted by Crippen LogP contribution is -2.63. The van der Waals surface area contributed by atoms with E-state index in [1.165, 1.54) is 6.07 Å². The molecule has 0 unspecified atom stereocenters. The molecule has 3 rings (SSSR count). The van der Waals surface area contributed by atoms with Crippen molar-refractivity contribution in [1.82, 2.24) is 0 Å². The zero-order valence-corrected chi connectivity index (χ0v) is 16.7. The van der Waals surface area contributed by atoms with Crippen LogP contribution in [0.3, 0.4) is 0 Å². The second-order valence-electron chi connectivity index (χ2n) is 7.02. The average Bonchev–Trinajstić information content (AvgIpc) is 2.72. The minimum absolute atomic E-state index is 0.153. The molecular weight excluding hydrogens is 400 g/mol. The van der Waals surface area contributed by atoms with E-state index >= 15 is 0 Å². The van der Waals surface area contributed by atoms with Crippen LogP contribution in [-0.4, -0.2) is 63.2 Å². The third-order valence-electron chi connectivity index (χ3n) is 5.05. The maximum atomic E-state index is 11.0. The van der Waals surface area contributed by atoms with Crippen LogP contribution in [0.4, 0.5) is 0 Å². The number of hydrogen-bond donors (Lipinski definition) is 5. The van der Waals surface area contributed by atoms with E-state index in [4.69, 9.17) is 21.1 Å². The van der Waals surface area contributed by atoms with Gasteiger partial charge in [0.05, 0.1) is 13.2 Å². The first-order chi connectivity index (χ1) is 13.8. The fourth-order valence-electron chi connectivity index (χ4n) is 3.42. The molecule has 5 atom stereocenters. The zero-order chi connectivity index (χ0) is 21.2. The lowest BCUT2D eigenvalue weighted by atomic mass is 9.87. The Morgan fingerprint density at radius 3 is 2.38 bits per heavy atom. The van der Waals surface area contributed by atoms with Crippen LogP contribution >= 0.6 is 11.6 Å². The summed E-state index contributed by atoms with van der Waals surface area (Å²) in [4.78, 5) is 0.